The molecule has 0 bridgehead atoms. The highest BCUT2D eigenvalue weighted by atomic mass is 19.1. The second kappa shape index (κ2) is 5.10. The van der Waals surface area contributed by atoms with Crippen molar-refractivity contribution in [2.24, 2.45) is 5.92 Å². The van der Waals surface area contributed by atoms with Gasteiger partial charge in [0.25, 0.3) is 5.91 Å². The zero-order chi connectivity index (χ0) is 12.3. The van der Waals surface area contributed by atoms with Crippen molar-refractivity contribution in [2.75, 3.05) is 0 Å². The van der Waals surface area contributed by atoms with Crippen molar-refractivity contribution in [1.82, 2.24) is 5.32 Å². The Kier molecular flexibility index (Phi) is 4.05. The van der Waals surface area contributed by atoms with E-state index < -0.39 is 0 Å². The zero-order valence-corrected chi connectivity index (χ0v) is 10.2. The predicted molar refractivity (Wildman–Crippen MR) is 62.9 cm³/mol. The van der Waals surface area contributed by atoms with Crippen molar-refractivity contribution in [3.63, 3.8) is 0 Å². The van der Waals surface area contributed by atoms with E-state index in [2.05, 4.69) is 5.32 Å². The fourth-order valence-corrected chi connectivity index (χ4v) is 1.30. The molecule has 0 aromatic heterocycles. The monoisotopic (exact) mass is 223 g/mol. The Morgan fingerprint density at radius 2 is 1.94 bits per heavy atom. The van der Waals surface area contributed by atoms with Gasteiger partial charge in [-0.1, -0.05) is 19.9 Å². The number of amides is 1. The number of hydrogen-bond acceptors (Lipinski definition) is 1. The van der Waals surface area contributed by atoms with E-state index in [1.54, 1.807) is 19.1 Å². The van der Waals surface area contributed by atoms with Gasteiger partial charge in [0.2, 0.25) is 0 Å². The number of carbonyl (C=O) groups is 1. The Labute approximate surface area is 95.9 Å². The lowest BCUT2D eigenvalue weighted by Gasteiger charge is -2.18. The molecular formula is C13H18FNO. The summed E-state index contributed by atoms with van der Waals surface area (Å²) in [7, 11) is 0. The van der Waals surface area contributed by atoms with Gasteiger partial charge in [-0.2, -0.15) is 0 Å². The first-order chi connectivity index (χ1) is 7.43. The van der Waals surface area contributed by atoms with Gasteiger partial charge in [-0.3, -0.25) is 4.79 Å². The van der Waals surface area contributed by atoms with E-state index in [1.165, 1.54) is 6.07 Å². The Morgan fingerprint density at radius 1 is 1.31 bits per heavy atom. The lowest BCUT2D eigenvalue weighted by molar-refractivity contribution is 0.0929. The molecule has 0 aliphatic rings. The Hall–Kier alpha value is -1.38. The first-order valence-electron chi connectivity index (χ1n) is 5.49. The maximum absolute atomic E-state index is 13.3. The summed E-state index contributed by atoms with van der Waals surface area (Å²) in [4.78, 5) is 11.9. The van der Waals surface area contributed by atoms with Crippen LogP contribution >= 0.6 is 0 Å². The molecule has 88 valence electrons. The van der Waals surface area contributed by atoms with E-state index in [1.807, 2.05) is 20.8 Å². The smallest absolute Gasteiger partial charge is 0.251 e. The van der Waals surface area contributed by atoms with Crippen molar-refractivity contribution in [3.8, 4) is 0 Å². The molecule has 0 spiro atoms. The third-order valence-electron chi connectivity index (χ3n) is 2.87. The minimum Gasteiger partial charge on any atom is -0.349 e. The van der Waals surface area contributed by atoms with Gasteiger partial charge in [0.1, 0.15) is 5.82 Å². The maximum Gasteiger partial charge on any atom is 0.251 e. The van der Waals surface area contributed by atoms with Crippen LogP contribution in [0.4, 0.5) is 4.39 Å². The average molecular weight is 223 g/mol. The van der Waals surface area contributed by atoms with E-state index in [4.69, 9.17) is 0 Å². The summed E-state index contributed by atoms with van der Waals surface area (Å²) in [6.45, 7) is 7.62. The second-order valence-electron chi connectivity index (χ2n) is 4.42. The van der Waals surface area contributed by atoms with E-state index in [9.17, 15) is 9.18 Å². The van der Waals surface area contributed by atoms with Crippen LogP contribution in [-0.2, 0) is 0 Å². The average Bonchev–Trinajstić information content (AvgIpc) is 2.21. The highest BCUT2D eigenvalue weighted by Gasteiger charge is 2.15. The zero-order valence-electron chi connectivity index (χ0n) is 10.2. The molecule has 0 saturated carbocycles. The molecule has 0 radical (unpaired) electrons. The van der Waals surface area contributed by atoms with Gasteiger partial charge in [-0.05, 0) is 37.5 Å². The highest BCUT2D eigenvalue weighted by Crippen LogP contribution is 2.12. The van der Waals surface area contributed by atoms with Crippen LogP contribution in [0.2, 0.25) is 0 Å². The van der Waals surface area contributed by atoms with Crippen molar-refractivity contribution in [3.05, 3.63) is 35.1 Å². The van der Waals surface area contributed by atoms with Crippen LogP contribution in [-0.4, -0.2) is 11.9 Å². The third kappa shape index (κ3) is 2.81. The van der Waals surface area contributed by atoms with Crippen molar-refractivity contribution >= 4 is 5.91 Å². The standard InChI is InChI=1S/C13H18FNO/c1-8(2)10(4)15-13(16)11-6-5-7-12(14)9(11)3/h5-8,10H,1-4H3,(H,15,16). The van der Waals surface area contributed by atoms with Crippen LogP contribution in [0, 0.1) is 18.7 Å². The van der Waals surface area contributed by atoms with Gasteiger partial charge in [-0.15, -0.1) is 0 Å². The van der Waals surface area contributed by atoms with Gasteiger partial charge in [0.05, 0.1) is 0 Å². The molecule has 2 nitrogen and oxygen atoms in total. The molecule has 1 atom stereocenters. The molecule has 16 heavy (non-hydrogen) atoms. The predicted octanol–water partition coefficient (Wildman–Crippen LogP) is 2.91. The molecule has 1 unspecified atom stereocenters. The van der Waals surface area contributed by atoms with E-state index in [0.717, 1.165) is 0 Å². The summed E-state index contributed by atoms with van der Waals surface area (Å²) in [6.07, 6.45) is 0. The van der Waals surface area contributed by atoms with Crippen molar-refractivity contribution in [1.29, 1.82) is 0 Å². The van der Waals surface area contributed by atoms with Crippen molar-refractivity contribution in [2.45, 2.75) is 33.7 Å². The molecule has 1 aromatic rings. The lowest BCUT2D eigenvalue weighted by Crippen LogP contribution is -2.36. The van der Waals surface area contributed by atoms with E-state index in [0.29, 0.717) is 17.0 Å². The second-order valence-corrected chi connectivity index (χ2v) is 4.42. The summed E-state index contributed by atoms with van der Waals surface area (Å²) in [5.41, 5.74) is 0.809. The van der Waals surface area contributed by atoms with Crippen molar-refractivity contribution < 1.29 is 9.18 Å². The first-order valence-corrected chi connectivity index (χ1v) is 5.49. The van der Waals surface area contributed by atoms with Crippen LogP contribution in [0.3, 0.4) is 0 Å². The number of benzene rings is 1. The minimum atomic E-state index is -0.343. The lowest BCUT2D eigenvalue weighted by atomic mass is 10.0. The molecule has 0 heterocycles. The quantitative estimate of drug-likeness (QED) is 0.838. The van der Waals surface area contributed by atoms with E-state index >= 15 is 0 Å². The number of hydrogen-bond donors (Lipinski definition) is 1. The normalized spacial score (nSPS) is 12.6. The summed E-state index contributed by atoms with van der Waals surface area (Å²) in [6, 6.07) is 4.63. The molecular weight excluding hydrogens is 205 g/mol. The summed E-state index contributed by atoms with van der Waals surface area (Å²) >= 11 is 0. The summed E-state index contributed by atoms with van der Waals surface area (Å²) in [5, 5.41) is 2.86. The molecule has 0 fully saturated rings. The topological polar surface area (TPSA) is 29.1 Å². The minimum absolute atomic E-state index is 0.0789. The molecule has 0 aliphatic heterocycles. The Balaban J connectivity index is 2.85. The SMILES string of the molecule is Cc1c(F)cccc1C(=O)NC(C)C(C)C. The molecule has 1 N–H and O–H groups in total. The molecule has 1 rings (SSSR count). The van der Waals surface area contributed by atoms with Crippen LogP contribution in [0.15, 0.2) is 18.2 Å². The van der Waals surface area contributed by atoms with Crippen LogP contribution in [0.5, 0.6) is 0 Å². The number of carbonyl (C=O) groups excluding carboxylic acids is 1. The molecule has 1 aromatic carbocycles. The summed E-state index contributed by atoms with van der Waals surface area (Å²) in [5.74, 6) is -0.194. The Bertz CT molecular complexity index is 388. The third-order valence-corrected chi connectivity index (χ3v) is 2.87. The highest BCUT2D eigenvalue weighted by molar-refractivity contribution is 5.95. The first kappa shape index (κ1) is 12.7. The van der Waals surface area contributed by atoms with Gasteiger partial charge in [0.15, 0.2) is 0 Å². The van der Waals surface area contributed by atoms with Crippen LogP contribution in [0.25, 0.3) is 0 Å². The molecule has 0 saturated heterocycles. The van der Waals surface area contributed by atoms with Crippen LogP contribution in [0.1, 0.15) is 36.7 Å². The maximum atomic E-state index is 13.3. The van der Waals surface area contributed by atoms with E-state index in [-0.39, 0.29) is 17.8 Å². The fraction of sp³-hybridized carbons (Fsp3) is 0.462. The largest absolute Gasteiger partial charge is 0.349 e. The number of halogens is 1. The summed E-state index contributed by atoms with van der Waals surface area (Å²) < 4.78 is 13.3. The number of rotatable bonds is 3. The molecule has 1 amide bonds. The molecule has 0 aliphatic carbocycles. The number of nitrogens with one attached hydrogen (secondary N) is 1. The van der Waals surface area contributed by atoms with Gasteiger partial charge in [0, 0.05) is 11.6 Å². The van der Waals surface area contributed by atoms with Crippen LogP contribution < -0.4 is 5.32 Å². The Morgan fingerprint density at radius 3 is 2.50 bits per heavy atom. The fourth-order valence-electron chi connectivity index (χ4n) is 1.30. The van der Waals surface area contributed by atoms with Gasteiger partial charge >= 0.3 is 0 Å². The van der Waals surface area contributed by atoms with Gasteiger partial charge in [-0.25, -0.2) is 4.39 Å². The molecule has 3 heteroatoms. The van der Waals surface area contributed by atoms with Gasteiger partial charge < -0.3 is 5.32 Å².